The smallest absolute Gasteiger partial charge is 0.186 e. The molecule has 3 heteroatoms. The lowest BCUT2D eigenvalue weighted by atomic mass is 9.54. The summed E-state index contributed by atoms with van der Waals surface area (Å²) in [5.41, 5.74) is 2.66. The Bertz CT molecular complexity index is 712. The molecule has 3 nitrogen and oxygen atoms in total. The van der Waals surface area contributed by atoms with E-state index in [9.17, 15) is 15.0 Å². The molecular formula is C20H26O3. The average molecular weight is 314 g/mol. The van der Waals surface area contributed by atoms with Gasteiger partial charge in [-0.3, -0.25) is 4.79 Å². The minimum atomic E-state index is -0.445. The molecule has 1 fully saturated rings. The van der Waals surface area contributed by atoms with Crippen LogP contribution in [-0.4, -0.2) is 22.1 Å². The third-order valence-corrected chi connectivity index (χ3v) is 5.96. The van der Waals surface area contributed by atoms with Gasteiger partial charge < -0.3 is 10.2 Å². The summed E-state index contributed by atoms with van der Waals surface area (Å²) in [6, 6.07) is 3.64. The second-order valence-corrected chi connectivity index (χ2v) is 8.14. The Balaban J connectivity index is 2.25. The number of carbonyl (C=O) groups is 1. The van der Waals surface area contributed by atoms with Gasteiger partial charge in [-0.05, 0) is 53.7 Å². The molecule has 0 aromatic heterocycles. The van der Waals surface area contributed by atoms with Gasteiger partial charge in [0.2, 0.25) is 0 Å². The number of aromatic hydroxyl groups is 1. The first-order valence-electron chi connectivity index (χ1n) is 8.41. The second-order valence-electron chi connectivity index (χ2n) is 8.14. The molecule has 0 spiro atoms. The summed E-state index contributed by atoms with van der Waals surface area (Å²) in [6.07, 6.45) is 2.76. The fraction of sp³-hybridized carbons (Fsp3) is 0.550. The first kappa shape index (κ1) is 16.3. The summed E-state index contributed by atoms with van der Waals surface area (Å²) in [5.74, 6) is 0.408. The summed E-state index contributed by atoms with van der Waals surface area (Å²) in [6.45, 7) is 10.2. The molecule has 23 heavy (non-hydrogen) atoms. The SMILES string of the molecule is CC(C)c1cc2c(cc1O)[C@@]1(C)CC[C@H](O)C(C)(C)C1=CC2=O. The third kappa shape index (κ3) is 2.17. The maximum absolute atomic E-state index is 12.7. The van der Waals surface area contributed by atoms with Gasteiger partial charge in [-0.15, -0.1) is 0 Å². The fourth-order valence-corrected chi connectivity index (χ4v) is 4.37. The number of aliphatic hydroxyl groups is 1. The van der Waals surface area contributed by atoms with Gasteiger partial charge in [0.25, 0.3) is 0 Å². The van der Waals surface area contributed by atoms with Crippen molar-refractivity contribution >= 4 is 5.78 Å². The highest BCUT2D eigenvalue weighted by Crippen LogP contribution is 2.55. The molecular weight excluding hydrogens is 288 g/mol. The predicted octanol–water partition coefficient (Wildman–Crippen LogP) is 4.08. The highest BCUT2D eigenvalue weighted by molar-refractivity contribution is 6.08. The Kier molecular flexibility index (Phi) is 3.49. The number of phenolic OH excluding ortho intramolecular Hbond substituents is 1. The van der Waals surface area contributed by atoms with Crippen LogP contribution in [0.2, 0.25) is 0 Å². The molecule has 0 radical (unpaired) electrons. The van der Waals surface area contributed by atoms with E-state index in [1.165, 1.54) is 0 Å². The maximum Gasteiger partial charge on any atom is 0.186 e. The van der Waals surface area contributed by atoms with Gasteiger partial charge in [-0.25, -0.2) is 0 Å². The number of carbonyl (C=O) groups excluding carboxylic acids is 1. The van der Waals surface area contributed by atoms with Crippen LogP contribution in [0.4, 0.5) is 0 Å². The standard InChI is InChI=1S/C20H26O3/c1-11(2)12-8-13-14(9-15(12)21)20(5)7-6-18(23)19(3,4)17(20)10-16(13)22/h8-11,18,21,23H,6-7H2,1-5H3/t18-,20+/m0/s1. The van der Waals surface area contributed by atoms with Gasteiger partial charge in [0.15, 0.2) is 5.78 Å². The van der Waals surface area contributed by atoms with Crippen molar-refractivity contribution in [2.75, 3.05) is 0 Å². The molecule has 2 N–H and O–H groups in total. The van der Waals surface area contributed by atoms with Crippen molar-refractivity contribution < 1.29 is 15.0 Å². The number of ketones is 1. The Morgan fingerprint density at radius 3 is 2.48 bits per heavy atom. The molecule has 0 aliphatic heterocycles. The van der Waals surface area contributed by atoms with Gasteiger partial charge in [0.1, 0.15) is 5.75 Å². The van der Waals surface area contributed by atoms with Gasteiger partial charge in [0, 0.05) is 16.4 Å². The molecule has 0 saturated heterocycles. The molecule has 1 aromatic carbocycles. The van der Waals surface area contributed by atoms with E-state index in [0.29, 0.717) is 12.0 Å². The van der Waals surface area contributed by atoms with Crippen LogP contribution in [0.15, 0.2) is 23.8 Å². The zero-order valence-corrected chi connectivity index (χ0v) is 14.6. The summed E-state index contributed by atoms with van der Waals surface area (Å²) >= 11 is 0. The predicted molar refractivity (Wildman–Crippen MR) is 91.0 cm³/mol. The Labute approximate surface area is 138 Å². The maximum atomic E-state index is 12.7. The third-order valence-electron chi connectivity index (χ3n) is 5.96. The van der Waals surface area contributed by atoms with E-state index < -0.39 is 11.5 Å². The number of aliphatic hydroxyl groups excluding tert-OH is 1. The van der Waals surface area contributed by atoms with Gasteiger partial charge in [-0.2, -0.15) is 0 Å². The van der Waals surface area contributed by atoms with E-state index in [1.807, 2.05) is 33.8 Å². The Morgan fingerprint density at radius 2 is 1.87 bits per heavy atom. The molecule has 1 saturated carbocycles. The first-order chi connectivity index (χ1) is 10.6. The minimum Gasteiger partial charge on any atom is -0.508 e. The molecule has 0 heterocycles. The van der Waals surface area contributed by atoms with Crippen molar-refractivity contribution in [1.82, 2.24) is 0 Å². The van der Waals surface area contributed by atoms with Crippen molar-refractivity contribution in [1.29, 1.82) is 0 Å². The second kappa shape index (κ2) is 4.94. The van der Waals surface area contributed by atoms with Crippen LogP contribution >= 0.6 is 0 Å². The molecule has 2 aliphatic carbocycles. The molecule has 1 aromatic rings. The van der Waals surface area contributed by atoms with E-state index in [0.717, 1.165) is 23.1 Å². The lowest BCUT2D eigenvalue weighted by Crippen LogP contribution is -2.48. The monoisotopic (exact) mass is 314 g/mol. The van der Waals surface area contributed by atoms with Gasteiger partial charge in [0.05, 0.1) is 6.10 Å². The molecule has 124 valence electrons. The molecule has 2 aliphatic rings. The fourth-order valence-electron chi connectivity index (χ4n) is 4.37. The first-order valence-corrected chi connectivity index (χ1v) is 8.41. The molecule has 0 unspecified atom stereocenters. The number of hydrogen-bond donors (Lipinski definition) is 2. The van der Waals surface area contributed by atoms with E-state index in [2.05, 4.69) is 6.92 Å². The van der Waals surface area contributed by atoms with Crippen LogP contribution in [-0.2, 0) is 5.41 Å². The van der Waals surface area contributed by atoms with Crippen LogP contribution < -0.4 is 0 Å². The normalized spacial score (nSPS) is 29.1. The zero-order valence-electron chi connectivity index (χ0n) is 14.6. The van der Waals surface area contributed by atoms with Crippen LogP contribution in [0.25, 0.3) is 0 Å². The molecule has 3 rings (SSSR count). The van der Waals surface area contributed by atoms with E-state index in [4.69, 9.17) is 0 Å². The van der Waals surface area contributed by atoms with Crippen molar-refractivity contribution in [3.05, 3.63) is 40.5 Å². The topological polar surface area (TPSA) is 57.5 Å². The van der Waals surface area contributed by atoms with Crippen LogP contribution in [0.1, 0.15) is 74.9 Å². The zero-order chi connectivity index (χ0) is 17.2. The number of phenols is 1. The number of fused-ring (bicyclic) bond motifs is 3. The van der Waals surface area contributed by atoms with E-state index in [1.54, 1.807) is 12.1 Å². The molecule has 0 bridgehead atoms. The Hall–Kier alpha value is -1.61. The lowest BCUT2D eigenvalue weighted by Gasteiger charge is -2.51. The van der Waals surface area contributed by atoms with Crippen molar-refractivity contribution in [3.8, 4) is 5.75 Å². The lowest BCUT2D eigenvalue weighted by molar-refractivity contribution is 0.0285. The van der Waals surface area contributed by atoms with Crippen LogP contribution in [0.5, 0.6) is 5.75 Å². The van der Waals surface area contributed by atoms with E-state index >= 15 is 0 Å². The van der Waals surface area contributed by atoms with Gasteiger partial charge >= 0.3 is 0 Å². The number of rotatable bonds is 1. The molecule has 0 amide bonds. The molecule has 2 atom stereocenters. The van der Waals surface area contributed by atoms with Gasteiger partial charge in [-0.1, -0.05) is 34.6 Å². The van der Waals surface area contributed by atoms with Crippen molar-refractivity contribution in [2.24, 2.45) is 5.41 Å². The van der Waals surface area contributed by atoms with Crippen molar-refractivity contribution in [2.45, 2.75) is 64.9 Å². The number of benzene rings is 1. The largest absolute Gasteiger partial charge is 0.508 e. The quantitative estimate of drug-likeness (QED) is 0.821. The van der Waals surface area contributed by atoms with E-state index in [-0.39, 0.29) is 22.9 Å². The highest BCUT2D eigenvalue weighted by atomic mass is 16.3. The summed E-state index contributed by atoms with van der Waals surface area (Å²) in [7, 11) is 0. The number of allylic oxidation sites excluding steroid dienone is 1. The number of hydrogen-bond acceptors (Lipinski definition) is 3. The minimum absolute atomic E-state index is 0.0171. The average Bonchev–Trinajstić information content (AvgIpc) is 2.46. The van der Waals surface area contributed by atoms with Crippen LogP contribution in [0.3, 0.4) is 0 Å². The van der Waals surface area contributed by atoms with Crippen LogP contribution in [0, 0.1) is 5.41 Å². The van der Waals surface area contributed by atoms with Crippen molar-refractivity contribution in [3.63, 3.8) is 0 Å². The summed E-state index contributed by atoms with van der Waals surface area (Å²) < 4.78 is 0. The highest BCUT2D eigenvalue weighted by Gasteiger charge is 2.50. The Morgan fingerprint density at radius 1 is 1.22 bits per heavy atom. The summed E-state index contributed by atoms with van der Waals surface area (Å²) in [5, 5.41) is 20.8. The summed E-state index contributed by atoms with van der Waals surface area (Å²) in [4.78, 5) is 12.7.